The van der Waals surface area contributed by atoms with Gasteiger partial charge in [0.2, 0.25) is 0 Å². The summed E-state index contributed by atoms with van der Waals surface area (Å²) in [5.74, 6) is 0.00452. The van der Waals surface area contributed by atoms with Crippen LogP contribution < -0.4 is 0 Å². The molecule has 1 fully saturated rings. The van der Waals surface area contributed by atoms with Gasteiger partial charge in [-0.25, -0.2) is 4.79 Å². The lowest BCUT2D eigenvalue weighted by Gasteiger charge is -2.37. The lowest BCUT2D eigenvalue weighted by molar-refractivity contribution is -0.166. The molecule has 0 bridgehead atoms. The molecule has 1 aliphatic carbocycles. The molecule has 3 heteroatoms. The molecule has 23 heavy (non-hydrogen) atoms. The average molecular weight is 314 g/mol. The first-order valence-corrected chi connectivity index (χ1v) is 8.40. The molecule has 0 spiro atoms. The average Bonchev–Trinajstić information content (AvgIpc) is 2.53. The molecule has 0 N–H and O–H groups in total. The van der Waals surface area contributed by atoms with Crippen LogP contribution in [0.2, 0.25) is 0 Å². The van der Waals surface area contributed by atoms with E-state index < -0.39 is 17.4 Å². The number of ether oxygens (including phenoxy) is 1. The van der Waals surface area contributed by atoms with E-state index in [-0.39, 0.29) is 0 Å². The first-order valence-electron chi connectivity index (χ1n) is 8.40. The van der Waals surface area contributed by atoms with E-state index in [1.54, 1.807) is 6.08 Å². The van der Waals surface area contributed by atoms with Crippen LogP contribution in [0.4, 0.5) is 0 Å². The Morgan fingerprint density at radius 2 is 1.78 bits per heavy atom. The Labute approximate surface area is 138 Å². The Bertz CT molecular complexity index is 564. The van der Waals surface area contributed by atoms with Crippen molar-refractivity contribution in [3.8, 4) is 0 Å². The van der Waals surface area contributed by atoms with Crippen LogP contribution in [-0.2, 0) is 14.3 Å². The molecule has 0 aromatic heterocycles. The Morgan fingerprint density at radius 1 is 1.17 bits per heavy atom. The van der Waals surface area contributed by atoms with Crippen molar-refractivity contribution in [1.82, 2.24) is 0 Å². The first kappa shape index (κ1) is 17.5. The fourth-order valence-corrected chi connectivity index (χ4v) is 3.10. The van der Waals surface area contributed by atoms with Crippen LogP contribution in [0.25, 0.3) is 6.08 Å². The highest BCUT2D eigenvalue weighted by atomic mass is 16.6. The van der Waals surface area contributed by atoms with Crippen molar-refractivity contribution in [2.24, 2.45) is 11.8 Å². The number of carbonyl (C=O) groups excluding carboxylic acids is 2. The van der Waals surface area contributed by atoms with Crippen molar-refractivity contribution in [3.63, 3.8) is 0 Å². The molecule has 0 heterocycles. The van der Waals surface area contributed by atoms with E-state index in [1.807, 2.05) is 37.3 Å². The predicted octanol–water partition coefficient (Wildman–Crippen LogP) is 4.42. The van der Waals surface area contributed by atoms with Gasteiger partial charge in [-0.05, 0) is 56.1 Å². The summed E-state index contributed by atoms with van der Waals surface area (Å²) in [4.78, 5) is 24.0. The maximum absolute atomic E-state index is 12.0. The van der Waals surface area contributed by atoms with Crippen LogP contribution in [0.5, 0.6) is 0 Å². The van der Waals surface area contributed by atoms with E-state index in [1.165, 1.54) is 6.08 Å². The largest absolute Gasteiger partial charge is 0.453 e. The van der Waals surface area contributed by atoms with Gasteiger partial charge in [-0.1, -0.05) is 50.3 Å². The smallest absolute Gasteiger partial charge is 0.379 e. The number of hydrogen-bond donors (Lipinski definition) is 0. The highest BCUT2D eigenvalue weighted by molar-refractivity contribution is 6.39. The minimum absolute atomic E-state index is 0.501. The maximum atomic E-state index is 12.0. The number of rotatable bonds is 5. The van der Waals surface area contributed by atoms with E-state index in [2.05, 4.69) is 13.8 Å². The van der Waals surface area contributed by atoms with E-state index >= 15 is 0 Å². The summed E-state index contributed by atoms with van der Waals surface area (Å²) < 4.78 is 5.52. The highest BCUT2D eigenvalue weighted by Crippen LogP contribution is 2.37. The number of benzene rings is 1. The summed E-state index contributed by atoms with van der Waals surface area (Å²) in [6.07, 6.45) is 6.70. The monoisotopic (exact) mass is 314 g/mol. The van der Waals surface area contributed by atoms with Crippen molar-refractivity contribution in [2.75, 3.05) is 0 Å². The third-order valence-corrected chi connectivity index (χ3v) is 4.80. The third-order valence-electron chi connectivity index (χ3n) is 4.80. The molecule has 1 aromatic carbocycles. The van der Waals surface area contributed by atoms with E-state index in [9.17, 15) is 9.59 Å². The van der Waals surface area contributed by atoms with Gasteiger partial charge in [-0.3, -0.25) is 4.79 Å². The first-order chi connectivity index (χ1) is 10.9. The van der Waals surface area contributed by atoms with Gasteiger partial charge >= 0.3 is 5.97 Å². The third kappa shape index (κ3) is 5.05. The molecule has 0 unspecified atom stereocenters. The molecule has 124 valence electrons. The quantitative estimate of drug-likeness (QED) is 0.459. The molecule has 1 saturated carbocycles. The number of ketones is 1. The molecular formula is C20H26O3. The normalized spacial score (nSPS) is 24.8. The lowest BCUT2D eigenvalue weighted by atomic mass is 9.75. The Hall–Kier alpha value is -1.90. The zero-order valence-electron chi connectivity index (χ0n) is 14.2. The van der Waals surface area contributed by atoms with Crippen molar-refractivity contribution in [3.05, 3.63) is 42.0 Å². The molecule has 0 saturated heterocycles. The van der Waals surface area contributed by atoms with E-state index in [0.29, 0.717) is 11.8 Å². The van der Waals surface area contributed by atoms with Crippen LogP contribution in [-0.4, -0.2) is 17.4 Å². The standard InChI is InChI=1S/C20H26O3/c1-15(2)17-11-13-20(3,14-12-17)23-19(22)18(21)10-9-16-7-5-4-6-8-16/h4-10,15,17H,11-14H2,1-3H3. The minimum atomic E-state index is -0.748. The maximum Gasteiger partial charge on any atom is 0.379 e. The molecule has 1 aromatic rings. The summed E-state index contributed by atoms with van der Waals surface area (Å²) in [7, 11) is 0. The SMILES string of the molecule is CC(C)C1CCC(C)(OC(=O)C(=O)C=Cc2ccccc2)CC1. The van der Waals surface area contributed by atoms with Gasteiger partial charge < -0.3 is 4.74 Å². The van der Waals surface area contributed by atoms with Gasteiger partial charge in [-0.15, -0.1) is 0 Å². The summed E-state index contributed by atoms with van der Waals surface area (Å²) >= 11 is 0. The second kappa shape index (κ2) is 7.58. The van der Waals surface area contributed by atoms with E-state index in [0.717, 1.165) is 31.2 Å². The summed E-state index contributed by atoms with van der Waals surface area (Å²) in [5.41, 5.74) is 0.385. The zero-order chi connectivity index (χ0) is 16.9. The predicted molar refractivity (Wildman–Crippen MR) is 91.8 cm³/mol. The molecule has 3 nitrogen and oxygen atoms in total. The summed E-state index contributed by atoms with van der Waals surface area (Å²) in [6, 6.07) is 9.43. The summed E-state index contributed by atoms with van der Waals surface area (Å²) in [6.45, 7) is 6.41. The van der Waals surface area contributed by atoms with Gasteiger partial charge in [0.25, 0.3) is 5.78 Å². The fraction of sp³-hybridized carbons (Fsp3) is 0.500. The van der Waals surface area contributed by atoms with Gasteiger partial charge in [0.15, 0.2) is 0 Å². The fourth-order valence-electron chi connectivity index (χ4n) is 3.10. The topological polar surface area (TPSA) is 43.4 Å². The van der Waals surface area contributed by atoms with Crippen molar-refractivity contribution < 1.29 is 14.3 Å². The van der Waals surface area contributed by atoms with Crippen LogP contribution in [0.15, 0.2) is 36.4 Å². The Balaban J connectivity index is 1.89. The van der Waals surface area contributed by atoms with Crippen molar-refractivity contribution in [1.29, 1.82) is 0 Å². The molecule has 0 aliphatic heterocycles. The number of carbonyl (C=O) groups is 2. The minimum Gasteiger partial charge on any atom is -0.453 e. The highest BCUT2D eigenvalue weighted by Gasteiger charge is 2.36. The van der Waals surface area contributed by atoms with Crippen LogP contribution in [0.1, 0.15) is 52.0 Å². The number of hydrogen-bond acceptors (Lipinski definition) is 3. The molecular weight excluding hydrogens is 288 g/mol. The second-order valence-electron chi connectivity index (χ2n) is 7.03. The second-order valence-corrected chi connectivity index (χ2v) is 7.03. The molecule has 2 rings (SSSR count). The molecule has 1 aliphatic rings. The van der Waals surface area contributed by atoms with Crippen LogP contribution in [0.3, 0.4) is 0 Å². The zero-order valence-corrected chi connectivity index (χ0v) is 14.2. The number of esters is 1. The van der Waals surface area contributed by atoms with Crippen molar-refractivity contribution in [2.45, 2.75) is 52.1 Å². The molecule has 0 radical (unpaired) electrons. The van der Waals surface area contributed by atoms with Crippen molar-refractivity contribution >= 4 is 17.8 Å². The van der Waals surface area contributed by atoms with Gasteiger partial charge in [0.1, 0.15) is 5.60 Å². The molecule has 0 amide bonds. The Morgan fingerprint density at radius 3 is 2.35 bits per heavy atom. The van der Waals surface area contributed by atoms with Gasteiger partial charge in [0.05, 0.1) is 0 Å². The van der Waals surface area contributed by atoms with Gasteiger partial charge in [-0.2, -0.15) is 0 Å². The summed E-state index contributed by atoms with van der Waals surface area (Å²) in [5, 5.41) is 0. The van der Waals surface area contributed by atoms with Gasteiger partial charge in [0, 0.05) is 0 Å². The van der Waals surface area contributed by atoms with Crippen LogP contribution in [0, 0.1) is 11.8 Å². The molecule has 0 atom stereocenters. The van der Waals surface area contributed by atoms with E-state index in [4.69, 9.17) is 4.74 Å². The lowest BCUT2D eigenvalue weighted by Crippen LogP contribution is -2.38. The van der Waals surface area contributed by atoms with Crippen LogP contribution >= 0.6 is 0 Å². The Kier molecular flexibility index (Phi) is 5.75.